The third kappa shape index (κ3) is 3.43. The predicted octanol–water partition coefficient (Wildman–Crippen LogP) is 2.83. The van der Waals surface area contributed by atoms with Crippen LogP contribution in [0.2, 0.25) is 5.02 Å². The fraction of sp³-hybridized carbons (Fsp3) is 0.357. The Hall–Kier alpha value is -1.72. The number of carbonyl (C=O) groups excluding carboxylic acids is 1. The predicted molar refractivity (Wildman–Crippen MR) is 77.9 cm³/mol. The number of fused-ring (bicyclic) bond motifs is 1. The number of urea groups is 1. The number of nitrogens with one attached hydrogen (secondary N) is 2. The second kappa shape index (κ2) is 6.15. The minimum Gasteiger partial charge on any atom is -0.459 e. The molecule has 2 atom stereocenters. The van der Waals surface area contributed by atoms with Crippen LogP contribution in [-0.2, 0) is 0 Å². The van der Waals surface area contributed by atoms with Crippen molar-refractivity contribution in [2.45, 2.75) is 25.9 Å². The molecule has 0 saturated heterocycles. The lowest BCUT2D eigenvalue weighted by Gasteiger charge is -2.15. The second-order valence-electron chi connectivity index (χ2n) is 4.75. The van der Waals surface area contributed by atoms with Gasteiger partial charge in [0.25, 0.3) is 0 Å². The maximum Gasteiger partial charge on any atom is 0.315 e. The van der Waals surface area contributed by atoms with Gasteiger partial charge in [0, 0.05) is 10.4 Å². The van der Waals surface area contributed by atoms with E-state index in [9.17, 15) is 4.79 Å². The molecule has 2 aromatic rings. The molecule has 0 spiro atoms. The molecule has 0 bridgehead atoms. The van der Waals surface area contributed by atoms with Gasteiger partial charge >= 0.3 is 6.03 Å². The highest BCUT2D eigenvalue weighted by Crippen LogP contribution is 2.26. The van der Waals surface area contributed by atoms with E-state index >= 15 is 0 Å². The number of carbonyl (C=O) groups is 1. The molecule has 0 saturated carbocycles. The molecule has 1 aromatic carbocycles. The molecule has 2 amide bonds. The Balaban J connectivity index is 2.07. The van der Waals surface area contributed by atoms with Crippen molar-refractivity contribution in [2.75, 3.05) is 6.61 Å². The standard InChI is InChI=1S/C14H17ClN2O3/c1-8(7-18)16-14(19)17-9(2)13-6-10-5-11(15)3-4-12(10)20-13/h3-6,8-9,18H,7H2,1-2H3,(H2,16,17,19)/t8-,9?/m0/s1. The lowest BCUT2D eigenvalue weighted by atomic mass is 10.2. The Morgan fingerprint density at radius 3 is 2.80 bits per heavy atom. The quantitative estimate of drug-likeness (QED) is 0.812. The van der Waals surface area contributed by atoms with Crippen molar-refractivity contribution in [1.29, 1.82) is 0 Å². The molecular formula is C14H17ClN2O3. The SMILES string of the molecule is CC(NC(=O)N[C@@H](C)CO)c1cc2cc(Cl)ccc2o1. The number of halogens is 1. The Morgan fingerprint density at radius 1 is 1.35 bits per heavy atom. The molecule has 5 nitrogen and oxygen atoms in total. The monoisotopic (exact) mass is 296 g/mol. The van der Waals surface area contributed by atoms with Crippen LogP contribution in [0.3, 0.4) is 0 Å². The smallest absolute Gasteiger partial charge is 0.315 e. The molecule has 1 aromatic heterocycles. The summed E-state index contributed by atoms with van der Waals surface area (Å²) in [7, 11) is 0. The van der Waals surface area contributed by atoms with Gasteiger partial charge < -0.3 is 20.2 Å². The zero-order valence-corrected chi connectivity index (χ0v) is 12.1. The topological polar surface area (TPSA) is 74.5 Å². The summed E-state index contributed by atoms with van der Waals surface area (Å²) in [6.07, 6.45) is 0. The summed E-state index contributed by atoms with van der Waals surface area (Å²) < 4.78 is 5.67. The Kier molecular flexibility index (Phi) is 4.52. The number of rotatable bonds is 4. The van der Waals surface area contributed by atoms with Crippen LogP contribution in [0.4, 0.5) is 4.79 Å². The van der Waals surface area contributed by atoms with E-state index in [2.05, 4.69) is 10.6 Å². The summed E-state index contributed by atoms with van der Waals surface area (Å²) >= 11 is 5.92. The van der Waals surface area contributed by atoms with Crippen LogP contribution in [0, 0.1) is 0 Å². The third-order valence-electron chi connectivity index (χ3n) is 2.92. The van der Waals surface area contributed by atoms with Crippen LogP contribution in [0.1, 0.15) is 25.6 Å². The van der Waals surface area contributed by atoms with Gasteiger partial charge in [-0.2, -0.15) is 0 Å². The van der Waals surface area contributed by atoms with Crippen molar-refractivity contribution in [2.24, 2.45) is 0 Å². The first-order valence-corrected chi connectivity index (χ1v) is 6.74. The van der Waals surface area contributed by atoms with Crippen LogP contribution in [0.15, 0.2) is 28.7 Å². The third-order valence-corrected chi connectivity index (χ3v) is 3.16. The van der Waals surface area contributed by atoms with Crippen molar-refractivity contribution in [3.8, 4) is 0 Å². The normalized spacial score (nSPS) is 14.0. The highest BCUT2D eigenvalue weighted by Gasteiger charge is 2.15. The first-order valence-electron chi connectivity index (χ1n) is 6.36. The Morgan fingerprint density at radius 2 is 2.10 bits per heavy atom. The van der Waals surface area contributed by atoms with Crippen molar-refractivity contribution in [3.05, 3.63) is 35.0 Å². The van der Waals surface area contributed by atoms with E-state index in [1.165, 1.54) is 0 Å². The highest BCUT2D eigenvalue weighted by atomic mass is 35.5. The molecule has 0 aliphatic carbocycles. The molecule has 1 unspecified atom stereocenters. The summed E-state index contributed by atoms with van der Waals surface area (Å²) in [5.74, 6) is 0.647. The number of hydrogen-bond donors (Lipinski definition) is 3. The number of amides is 2. The lowest BCUT2D eigenvalue weighted by Crippen LogP contribution is -2.43. The molecule has 2 rings (SSSR count). The number of benzene rings is 1. The summed E-state index contributed by atoms with van der Waals surface area (Å²) in [6, 6.07) is 6.28. The van der Waals surface area contributed by atoms with Crippen molar-refractivity contribution < 1.29 is 14.3 Å². The zero-order chi connectivity index (χ0) is 14.7. The molecule has 0 aliphatic heterocycles. The number of aliphatic hydroxyl groups is 1. The first kappa shape index (κ1) is 14.7. The fourth-order valence-electron chi connectivity index (χ4n) is 1.83. The van der Waals surface area contributed by atoms with E-state index in [0.29, 0.717) is 10.8 Å². The van der Waals surface area contributed by atoms with E-state index in [1.54, 1.807) is 19.1 Å². The van der Waals surface area contributed by atoms with Gasteiger partial charge in [-0.1, -0.05) is 11.6 Å². The summed E-state index contributed by atoms with van der Waals surface area (Å²) in [4.78, 5) is 11.7. The Bertz CT molecular complexity index is 611. The maximum atomic E-state index is 11.7. The van der Waals surface area contributed by atoms with E-state index in [-0.39, 0.29) is 24.7 Å². The van der Waals surface area contributed by atoms with Crippen LogP contribution in [0.5, 0.6) is 0 Å². The molecule has 108 valence electrons. The molecule has 0 fully saturated rings. The van der Waals surface area contributed by atoms with Crippen LogP contribution < -0.4 is 10.6 Å². The van der Waals surface area contributed by atoms with Crippen molar-refractivity contribution in [3.63, 3.8) is 0 Å². The Labute approximate surface area is 121 Å². The second-order valence-corrected chi connectivity index (χ2v) is 5.19. The summed E-state index contributed by atoms with van der Waals surface area (Å²) in [6.45, 7) is 3.43. The molecule has 0 radical (unpaired) electrons. The van der Waals surface area contributed by atoms with Gasteiger partial charge in [-0.15, -0.1) is 0 Å². The lowest BCUT2D eigenvalue weighted by molar-refractivity contribution is 0.217. The van der Waals surface area contributed by atoms with Crippen LogP contribution in [-0.4, -0.2) is 23.8 Å². The number of furan rings is 1. The molecule has 6 heteroatoms. The van der Waals surface area contributed by atoms with Crippen LogP contribution in [0.25, 0.3) is 11.0 Å². The molecule has 1 heterocycles. The number of aliphatic hydroxyl groups excluding tert-OH is 1. The fourth-order valence-corrected chi connectivity index (χ4v) is 2.01. The molecule has 20 heavy (non-hydrogen) atoms. The maximum absolute atomic E-state index is 11.7. The van der Waals surface area contributed by atoms with Gasteiger partial charge in [0.1, 0.15) is 11.3 Å². The average Bonchev–Trinajstić information content (AvgIpc) is 2.81. The van der Waals surface area contributed by atoms with E-state index in [0.717, 1.165) is 11.0 Å². The molecular weight excluding hydrogens is 280 g/mol. The summed E-state index contributed by atoms with van der Waals surface area (Å²) in [5, 5.41) is 15.8. The first-order chi connectivity index (χ1) is 9.49. The minimum atomic E-state index is -0.350. The van der Waals surface area contributed by atoms with Gasteiger partial charge in [0.05, 0.1) is 18.7 Å². The van der Waals surface area contributed by atoms with Gasteiger partial charge in [0.2, 0.25) is 0 Å². The molecule has 0 aliphatic rings. The van der Waals surface area contributed by atoms with Gasteiger partial charge in [0.15, 0.2) is 0 Å². The van der Waals surface area contributed by atoms with E-state index in [1.807, 2.05) is 19.1 Å². The van der Waals surface area contributed by atoms with Crippen molar-refractivity contribution in [1.82, 2.24) is 10.6 Å². The van der Waals surface area contributed by atoms with Crippen LogP contribution >= 0.6 is 11.6 Å². The molecule has 3 N–H and O–H groups in total. The van der Waals surface area contributed by atoms with E-state index in [4.69, 9.17) is 21.1 Å². The minimum absolute atomic E-state index is 0.106. The van der Waals surface area contributed by atoms with Gasteiger partial charge in [-0.3, -0.25) is 0 Å². The van der Waals surface area contributed by atoms with E-state index < -0.39 is 0 Å². The van der Waals surface area contributed by atoms with Gasteiger partial charge in [-0.25, -0.2) is 4.79 Å². The largest absolute Gasteiger partial charge is 0.459 e. The average molecular weight is 297 g/mol. The van der Waals surface area contributed by atoms with Crippen molar-refractivity contribution >= 4 is 28.6 Å². The highest BCUT2D eigenvalue weighted by molar-refractivity contribution is 6.31. The zero-order valence-electron chi connectivity index (χ0n) is 11.3. The summed E-state index contributed by atoms with van der Waals surface area (Å²) in [5.41, 5.74) is 0.724. The number of hydrogen-bond acceptors (Lipinski definition) is 3. The van der Waals surface area contributed by atoms with Gasteiger partial charge in [-0.05, 0) is 38.1 Å².